The summed E-state index contributed by atoms with van der Waals surface area (Å²) in [5, 5.41) is 12.9. The van der Waals surface area contributed by atoms with Gasteiger partial charge in [0.2, 0.25) is 0 Å². The number of nitrogens with zero attached hydrogens (tertiary/aromatic N) is 2. The number of ether oxygens (including phenoxy) is 2. The molecule has 2 heterocycles. The van der Waals surface area contributed by atoms with E-state index in [0.717, 1.165) is 16.8 Å². The third-order valence-electron chi connectivity index (χ3n) is 4.16. The second-order valence-electron chi connectivity index (χ2n) is 6.36. The van der Waals surface area contributed by atoms with Crippen LogP contribution in [0.5, 0.6) is 11.5 Å². The number of carbonyl (C=O) groups excluding carboxylic acids is 1. The molecule has 3 aromatic rings. The van der Waals surface area contributed by atoms with E-state index in [4.69, 9.17) is 9.47 Å². The first-order valence-corrected chi connectivity index (χ1v) is 9.59. The van der Waals surface area contributed by atoms with E-state index in [-0.39, 0.29) is 5.91 Å². The molecule has 1 aromatic carbocycles. The first-order valence-electron chi connectivity index (χ1n) is 8.71. The van der Waals surface area contributed by atoms with Crippen LogP contribution in [-0.4, -0.2) is 36.5 Å². The molecular weight excluding hydrogens is 376 g/mol. The lowest BCUT2D eigenvalue weighted by atomic mass is 10.1. The second kappa shape index (κ2) is 8.71. The highest BCUT2D eigenvalue weighted by molar-refractivity contribution is 7.10. The number of methoxy groups -OCH3 is 2. The molecule has 0 radical (unpaired) electrons. The lowest BCUT2D eigenvalue weighted by Crippen LogP contribution is -2.16. The minimum atomic E-state index is -0.240. The van der Waals surface area contributed by atoms with Gasteiger partial charge in [-0.1, -0.05) is 13.8 Å². The van der Waals surface area contributed by atoms with Gasteiger partial charge in [-0.3, -0.25) is 9.89 Å². The number of thiophene rings is 1. The minimum absolute atomic E-state index is 0.240. The van der Waals surface area contributed by atoms with Crippen LogP contribution in [-0.2, 0) is 0 Å². The number of hydrogen-bond donors (Lipinski definition) is 2. The Kier molecular flexibility index (Phi) is 6.10. The molecule has 0 fully saturated rings. The van der Waals surface area contributed by atoms with Gasteiger partial charge in [-0.15, -0.1) is 11.3 Å². The van der Waals surface area contributed by atoms with Crippen molar-refractivity contribution in [1.29, 1.82) is 0 Å². The number of hydrogen-bond acceptors (Lipinski definition) is 6. The van der Waals surface area contributed by atoms with E-state index in [1.54, 1.807) is 38.0 Å². The molecule has 1 amide bonds. The molecule has 0 saturated heterocycles. The Hall–Kier alpha value is -3.13. The molecule has 0 atom stereocenters. The maximum absolute atomic E-state index is 12.2. The van der Waals surface area contributed by atoms with Crippen molar-refractivity contribution >= 4 is 23.5 Å². The Morgan fingerprint density at radius 1 is 1.25 bits per heavy atom. The summed E-state index contributed by atoms with van der Waals surface area (Å²) >= 11 is 1.57. The Labute approximate surface area is 167 Å². The molecule has 146 valence electrons. The number of hydrazone groups is 1. The van der Waals surface area contributed by atoms with Gasteiger partial charge in [0, 0.05) is 21.4 Å². The maximum atomic E-state index is 12.2. The van der Waals surface area contributed by atoms with Crippen molar-refractivity contribution < 1.29 is 14.3 Å². The molecule has 7 nitrogen and oxygen atoms in total. The quantitative estimate of drug-likeness (QED) is 0.464. The number of nitrogens with one attached hydrogen (secondary N) is 2. The number of aromatic amines is 1. The van der Waals surface area contributed by atoms with Crippen LogP contribution in [0.1, 0.15) is 40.6 Å². The van der Waals surface area contributed by atoms with Gasteiger partial charge in [-0.25, -0.2) is 5.43 Å². The lowest BCUT2D eigenvalue weighted by molar-refractivity contribution is 0.0955. The van der Waals surface area contributed by atoms with Crippen molar-refractivity contribution in [1.82, 2.24) is 15.6 Å². The van der Waals surface area contributed by atoms with E-state index in [0.29, 0.717) is 23.0 Å². The van der Waals surface area contributed by atoms with Crippen molar-refractivity contribution in [3.8, 4) is 22.8 Å². The molecule has 0 aliphatic carbocycles. The van der Waals surface area contributed by atoms with Crippen LogP contribution < -0.4 is 14.9 Å². The number of aromatic nitrogens is 2. The van der Waals surface area contributed by atoms with Crippen molar-refractivity contribution in [3.05, 3.63) is 51.8 Å². The Bertz CT molecular complexity index is 991. The molecule has 3 rings (SSSR count). The summed E-state index contributed by atoms with van der Waals surface area (Å²) in [6.45, 7) is 4.19. The lowest BCUT2D eigenvalue weighted by Gasteiger charge is -2.09. The van der Waals surface area contributed by atoms with E-state index in [9.17, 15) is 4.79 Å². The summed E-state index contributed by atoms with van der Waals surface area (Å²) < 4.78 is 10.6. The van der Waals surface area contributed by atoms with Gasteiger partial charge < -0.3 is 9.47 Å². The van der Waals surface area contributed by atoms with Crippen LogP contribution in [0.3, 0.4) is 0 Å². The number of carbonyl (C=O) groups is 1. The number of rotatable bonds is 7. The van der Waals surface area contributed by atoms with E-state index in [1.165, 1.54) is 4.88 Å². The van der Waals surface area contributed by atoms with Crippen molar-refractivity contribution in [2.75, 3.05) is 14.2 Å². The fourth-order valence-electron chi connectivity index (χ4n) is 2.62. The molecule has 28 heavy (non-hydrogen) atoms. The number of amides is 1. The van der Waals surface area contributed by atoms with Gasteiger partial charge in [0.1, 0.15) is 0 Å². The molecule has 2 N–H and O–H groups in total. The molecule has 0 spiro atoms. The van der Waals surface area contributed by atoms with Crippen molar-refractivity contribution in [3.63, 3.8) is 0 Å². The summed E-state index contributed by atoms with van der Waals surface area (Å²) in [6.07, 6.45) is 3.20. The SMILES string of the molecule is COc1ccc(-c2[nH]ncc2/C=N\NC(=O)c2csc(C(C)C)c2)cc1OC. The third kappa shape index (κ3) is 4.23. The van der Waals surface area contributed by atoms with Crippen LogP contribution in [0.2, 0.25) is 0 Å². The van der Waals surface area contributed by atoms with Crippen LogP contribution in [0.4, 0.5) is 0 Å². The predicted molar refractivity (Wildman–Crippen MR) is 111 cm³/mol. The summed E-state index contributed by atoms with van der Waals surface area (Å²) in [5.41, 5.74) is 5.53. The van der Waals surface area contributed by atoms with Crippen molar-refractivity contribution in [2.45, 2.75) is 19.8 Å². The Morgan fingerprint density at radius 3 is 2.71 bits per heavy atom. The van der Waals surface area contributed by atoms with E-state index >= 15 is 0 Å². The van der Waals surface area contributed by atoms with Crippen LogP contribution >= 0.6 is 11.3 Å². The Morgan fingerprint density at radius 2 is 2.04 bits per heavy atom. The molecule has 0 aliphatic rings. The van der Waals surface area contributed by atoms with Gasteiger partial charge >= 0.3 is 0 Å². The molecule has 0 aliphatic heterocycles. The molecule has 0 bridgehead atoms. The van der Waals surface area contributed by atoms with Gasteiger partial charge in [0.15, 0.2) is 11.5 Å². The molecule has 0 unspecified atom stereocenters. The van der Waals surface area contributed by atoms with Crippen LogP contribution in [0, 0.1) is 0 Å². The monoisotopic (exact) mass is 398 g/mol. The summed E-state index contributed by atoms with van der Waals surface area (Å²) in [7, 11) is 3.17. The second-order valence-corrected chi connectivity index (χ2v) is 7.30. The zero-order valence-electron chi connectivity index (χ0n) is 16.1. The van der Waals surface area contributed by atoms with Gasteiger partial charge in [-0.2, -0.15) is 10.2 Å². The molecule has 0 saturated carbocycles. The molecular formula is C20H22N4O3S. The fraction of sp³-hybridized carbons (Fsp3) is 0.250. The third-order valence-corrected chi connectivity index (χ3v) is 5.39. The Balaban J connectivity index is 1.74. The van der Waals surface area contributed by atoms with Crippen LogP contribution in [0.15, 0.2) is 40.9 Å². The summed E-state index contributed by atoms with van der Waals surface area (Å²) in [4.78, 5) is 13.4. The molecule has 8 heteroatoms. The summed E-state index contributed by atoms with van der Waals surface area (Å²) in [5.74, 6) is 1.41. The van der Waals surface area contributed by atoms with Gasteiger partial charge in [0.05, 0.1) is 37.9 Å². The smallest absolute Gasteiger partial charge is 0.272 e. The van der Waals surface area contributed by atoms with E-state index in [2.05, 4.69) is 34.6 Å². The standard InChI is InChI=1S/C20H22N4O3S/c1-12(2)18-8-14(11-28-18)20(25)24-22-10-15-9-21-23-19(15)13-5-6-16(26-3)17(7-13)27-4/h5-12H,1-4H3,(H,21,23)(H,24,25)/b22-10-. The number of benzene rings is 1. The number of H-pyrrole nitrogens is 1. The fourth-order valence-corrected chi connectivity index (χ4v) is 3.52. The maximum Gasteiger partial charge on any atom is 0.272 e. The highest BCUT2D eigenvalue weighted by atomic mass is 32.1. The highest BCUT2D eigenvalue weighted by Crippen LogP contribution is 2.32. The van der Waals surface area contributed by atoms with Gasteiger partial charge in [-0.05, 0) is 30.2 Å². The average Bonchev–Trinajstić information content (AvgIpc) is 3.37. The van der Waals surface area contributed by atoms with Crippen molar-refractivity contribution in [2.24, 2.45) is 5.10 Å². The normalized spacial score (nSPS) is 11.2. The zero-order chi connectivity index (χ0) is 20.1. The largest absolute Gasteiger partial charge is 0.493 e. The molecule has 2 aromatic heterocycles. The van der Waals surface area contributed by atoms with Gasteiger partial charge in [0.25, 0.3) is 5.91 Å². The zero-order valence-corrected chi connectivity index (χ0v) is 17.0. The topological polar surface area (TPSA) is 88.6 Å². The predicted octanol–water partition coefficient (Wildman–Crippen LogP) is 4.04. The average molecular weight is 398 g/mol. The minimum Gasteiger partial charge on any atom is -0.493 e. The van der Waals surface area contributed by atoms with E-state index in [1.807, 2.05) is 29.6 Å². The summed E-state index contributed by atoms with van der Waals surface area (Å²) in [6, 6.07) is 7.46. The van der Waals surface area contributed by atoms with E-state index < -0.39 is 0 Å². The highest BCUT2D eigenvalue weighted by Gasteiger charge is 2.12. The first-order chi connectivity index (χ1) is 13.5. The van der Waals surface area contributed by atoms with Crippen LogP contribution in [0.25, 0.3) is 11.3 Å². The first kappa shape index (κ1) is 19.6.